The molecule has 9 heteroatoms. The molecule has 0 saturated carbocycles. The summed E-state index contributed by atoms with van der Waals surface area (Å²) < 4.78 is 0.662. The summed E-state index contributed by atoms with van der Waals surface area (Å²) >= 11 is 7.30. The van der Waals surface area contributed by atoms with Gasteiger partial charge in [-0.25, -0.2) is 0 Å². The predicted molar refractivity (Wildman–Crippen MR) is 89.3 cm³/mol. The van der Waals surface area contributed by atoms with Crippen LogP contribution in [0, 0.1) is 10.1 Å². The average molecular weight is 366 g/mol. The Hall–Kier alpha value is -2.29. The number of nitro benzene ring substituents is 1. The van der Waals surface area contributed by atoms with Gasteiger partial charge in [0.15, 0.2) is 0 Å². The number of carbonyl (C=O) groups is 2. The highest BCUT2D eigenvalue weighted by molar-refractivity contribution is 7.16. The third-order valence-corrected chi connectivity index (χ3v) is 4.83. The highest BCUT2D eigenvalue weighted by Gasteiger charge is 2.41. The third-order valence-electron chi connectivity index (χ3n) is 3.61. The maximum Gasteiger partial charge on any atom is 0.282 e. The molecule has 0 atom stereocenters. The molecule has 1 aliphatic rings. The first kappa shape index (κ1) is 16.6. The number of halogens is 1. The van der Waals surface area contributed by atoms with E-state index in [-0.39, 0.29) is 23.5 Å². The van der Waals surface area contributed by atoms with E-state index in [1.807, 2.05) is 6.07 Å². The van der Waals surface area contributed by atoms with Crippen molar-refractivity contribution in [3.05, 3.63) is 60.8 Å². The number of hydrogen-bond donors (Lipinski definition) is 0. The van der Waals surface area contributed by atoms with Crippen LogP contribution in [0.15, 0.2) is 30.3 Å². The Balaban J connectivity index is 1.81. The predicted octanol–water partition coefficient (Wildman–Crippen LogP) is 3.00. The summed E-state index contributed by atoms with van der Waals surface area (Å²) in [5.74, 6) is -1.16. The monoisotopic (exact) mass is 365 g/mol. The van der Waals surface area contributed by atoms with Crippen LogP contribution in [0.1, 0.15) is 25.6 Å². The molecule has 2 heterocycles. The molecule has 24 heavy (non-hydrogen) atoms. The number of benzene rings is 1. The lowest BCUT2D eigenvalue weighted by Crippen LogP contribution is -2.39. The maximum atomic E-state index is 12.5. The molecule has 2 aromatic rings. The maximum absolute atomic E-state index is 12.5. The SMILES string of the molecule is CN(Cc1ccc(Cl)s1)CN1C(=O)c2cccc([N+](=O)[O-])c2C1=O. The molecule has 0 unspecified atom stereocenters. The van der Waals surface area contributed by atoms with Gasteiger partial charge in [0.2, 0.25) is 0 Å². The van der Waals surface area contributed by atoms with Crippen molar-refractivity contribution in [3.63, 3.8) is 0 Å². The van der Waals surface area contributed by atoms with Crippen molar-refractivity contribution < 1.29 is 14.5 Å². The lowest BCUT2D eigenvalue weighted by atomic mass is 10.1. The molecule has 3 rings (SSSR count). The van der Waals surface area contributed by atoms with E-state index >= 15 is 0 Å². The Labute approximate surface area is 146 Å². The van der Waals surface area contributed by atoms with Gasteiger partial charge in [-0.1, -0.05) is 17.7 Å². The van der Waals surface area contributed by atoms with Gasteiger partial charge in [-0.05, 0) is 25.2 Å². The number of nitrogens with zero attached hydrogens (tertiary/aromatic N) is 3. The van der Waals surface area contributed by atoms with E-state index in [2.05, 4.69) is 0 Å². The van der Waals surface area contributed by atoms with E-state index in [0.717, 1.165) is 9.78 Å². The average Bonchev–Trinajstić information content (AvgIpc) is 3.04. The molecule has 0 bridgehead atoms. The first-order chi connectivity index (χ1) is 11.4. The van der Waals surface area contributed by atoms with Crippen LogP contribution in [0.4, 0.5) is 5.69 Å². The Morgan fingerprint density at radius 2 is 2.00 bits per heavy atom. The standard InChI is InChI=1S/C15H12ClN3O4S/c1-17(7-9-5-6-12(16)24-9)8-18-14(20)10-3-2-4-11(19(22)23)13(10)15(18)21/h2-6H,7-8H2,1H3. The summed E-state index contributed by atoms with van der Waals surface area (Å²) in [5, 5.41) is 11.1. The fourth-order valence-corrected chi connectivity index (χ4v) is 3.76. The van der Waals surface area contributed by atoms with Crippen LogP contribution in [-0.4, -0.2) is 40.3 Å². The van der Waals surface area contributed by atoms with E-state index in [1.165, 1.54) is 29.5 Å². The molecule has 0 radical (unpaired) electrons. The van der Waals surface area contributed by atoms with Gasteiger partial charge < -0.3 is 0 Å². The molecule has 0 saturated heterocycles. The fraction of sp³-hybridized carbons (Fsp3) is 0.200. The minimum Gasteiger partial charge on any atom is -0.283 e. The Kier molecular flexibility index (Phi) is 4.35. The van der Waals surface area contributed by atoms with Crippen molar-refractivity contribution in [2.24, 2.45) is 0 Å². The second-order valence-corrected chi connectivity index (χ2v) is 7.16. The van der Waals surface area contributed by atoms with Crippen molar-refractivity contribution in [2.75, 3.05) is 13.7 Å². The Morgan fingerprint density at radius 1 is 1.25 bits per heavy atom. The number of nitro groups is 1. The quantitative estimate of drug-likeness (QED) is 0.462. The van der Waals surface area contributed by atoms with Gasteiger partial charge in [-0.3, -0.25) is 29.5 Å². The summed E-state index contributed by atoms with van der Waals surface area (Å²) in [6.45, 7) is 0.548. The van der Waals surface area contributed by atoms with Crippen molar-refractivity contribution in [3.8, 4) is 0 Å². The van der Waals surface area contributed by atoms with Crippen molar-refractivity contribution in [1.29, 1.82) is 0 Å². The molecular formula is C15H12ClN3O4S. The number of fused-ring (bicyclic) bond motifs is 1. The molecular weight excluding hydrogens is 354 g/mol. The molecule has 0 spiro atoms. The molecule has 0 aliphatic carbocycles. The van der Waals surface area contributed by atoms with E-state index in [9.17, 15) is 19.7 Å². The number of amides is 2. The van der Waals surface area contributed by atoms with Crippen LogP contribution in [0.2, 0.25) is 4.34 Å². The number of carbonyl (C=O) groups excluding carboxylic acids is 2. The van der Waals surface area contributed by atoms with E-state index in [1.54, 1.807) is 18.0 Å². The first-order valence-electron chi connectivity index (χ1n) is 6.95. The second-order valence-electron chi connectivity index (χ2n) is 5.36. The fourth-order valence-electron chi connectivity index (χ4n) is 2.59. The number of imide groups is 1. The molecule has 7 nitrogen and oxygen atoms in total. The zero-order chi connectivity index (χ0) is 17.4. The first-order valence-corrected chi connectivity index (χ1v) is 8.14. The van der Waals surface area contributed by atoms with Gasteiger partial charge in [0.1, 0.15) is 5.56 Å². The lowest BCUT2D eigenvalue weighted by Gasteiger charge is -2.22. The van der Waals surface area contributed by atoms with Gasteiger partial charge in [-0.2, -0.15) is 0 Å². The van der Waals surface area contributed by atoms with E-state index in [4.69, 9.17) is 11.6 Å². The topological polar surface area (TPSA) is 83.8 Å². The minimum absolute atomic E-state index is 0.0407. The van der Waals surface area contributed by atoms with Gasteiger partial charge in [0.25, 0.3) is 17.5 Å². The summed E-state index contributed by atoms with van der Waals surface area (Å²) in [6, 6.07) is 7.72. The van der Waals surface area contributed by atoms with Crippen LogP contribution < -0.4 is 0 Å². The smallest absolute Gasteiger partial charge is 0.282 e. The number of rotatable bonds is 5. The van der Waals surface area contributed by atoms with Gasteiger partial charge >= 0.3 is 0 Å². The molecule has 1 aliphatic heterocycles. The molecule has 0 fully saturated rings. The van der Waals surface area contributed by atoms with Crippen LogP contribution in [0.5, 0.6) is 0 Å². The molecule has 1 aromatic heterocycles. The number of hydrogen-bond acceptors (Lipinski definition) is 6. The molecule has 2 amide bonds. The summed E-state index contributed by atoms with van der Waals surface area (Å²) in [6.07, 6.45) is 0. The van der Waals surface area contributed by atoms with Crippen LogP contribution in [0.3, 0.4) is 0 Å². The van der Waals surface area contributed by atoms with Crippen molar-refractivity contribution in [2.45, 2.75) is 6.54 Å². The summed E-state index contributed by atoms with van der Waals surface area (Å²) in [7, 11) is 1.76. The minimum atomic E-state index is -0.648. The van der Waals surface area contributed by atoms with Crippen molar-refractivity contribution in [1.82, 2.24) is 9.80 Å². The Bertz CT molecular complexity index is 851. The second kappa shape index (κ2) is 6.31. The van der Waals surface area contributed by atoms with E-state index in [0.29, 0.717) is 10.9 Å². The summed E-state index contributed by atoms with van der Waals surface area (Å²) in [4.78, 5) is 39.1. The zero-order valence-electron chi connectivity index (χ0n) is 12.6. The van der Waals surface area contributed by atoms with Crippen molar-refractivity contribution >= 4 is 40.4 Å². The van der Waals surface area contributed by atoms with Crippen LogP contribution in [-0.2, 0) is 6.54 Å². The molecule has 1 aromatic carbocycles. The third kappa shape index (κ3) is 2.91. The van der Waals surface area contributed by atoms with E-state index < -0.39 is 16.7 Å². The highest BCUT2D eigenvalue weighted by atomic mass is 35.5. The van der Waals surface area contributed by atoms with Crippen LogP contribution >= 0.6 is 22.9 Å². The number of thiophene rings is 1. The molecule has 0 N–H and O–H groups in total. The van der Waals surface area contributed by atoms with Gasteiger partial charge in [0, 0.05) is 17.5 Å². The zero-order valence-corrected chi connectivity index (χ0v) is 14.1. The van der Waals surface area contributed by atoms with Gasteiger partial charge in [-0.15, -0.1) is 11.3 Å². The lowest BCUT2D eigenvalue weighted by molar-refractivity contribution is -0.385. The largest absolute Gasteiger partial charge is 0.283 e. The van der Waals surface area contributed by atoms with Crippen LogP contribution in [0.25, 0.3) is 0 Å². The molecule has 124 valence electrons. The Morgan fingerprint density at radius 3 is 2.62 bits per heavy atom. The van der Waals surface area contributed by atoms with Gasteiger partial charge in [0.05, 0.1) is 21.5 Å². The summed E-state index contributed by atoms with van der Waals surface area (Å²) in [5.41, 5.74) is -0.414. The normalized spacial score (nSPS) is 13.7. The highest BCUT2D eigenvalue weighted by Crippen LogP contribution is 2.31.